The topological polar surface area (TPSA) is 72.8 Å². The van der Waals surface area contributed by atoms with Crippen molar-refractivity contribution in [1.29, 1.82) is 0 Å². The number of aromatic carboxylic acids is 1. The van der Waals surface area contributed by atoms with Crippen LogP contribution in [0.2, 0.25) is 0 Å². The molecule has 0 spiro atoms. The molecule has 5 nitrogen and oxygen atoms in total. The number of rotatable bonds is 7. The van der Waals surface area contributed by atoms with Crippen molar-refractivity contribution in [2.45, 2.75) is 26.7 Å². The van der Waals surface area contributed by atoms with Gasteiger partial charge in [-0.3, -0.25) is 4.79 Å². The van der Waals surface area contributed by atoms with E-state index in [0.29, 0.717) is 24.7 Å². The fourth-order valence-electron chi connectivity index (χ4n) is 1.63. The molecule has 20 heavy (non-hydrogen) atoms. The van der Waals surface area contributed by atoms with Gasteiger partial charge in [-0.25, -0.2) is 4.79 Å². The monoisotopic (exact) mass is 280 g/mol. The maximum absolute atomic E-state index is 11.2. The highest BCUT2D eigenvalue weighted by molar-refractivity contribution is 5.91. The number of aryl methyl sites for hydroxylation is 1. The zero-order valence-electron chi connectivity index (χ0n) is 12.0. The van der Waals surface area contributed by atoms with Crippen molar-refractivity contribution in [3.8, 4) is 5.75 Å². The molecule has 0 saturated heterocycles. The average molecular weight is 280 g/mol. The molecule has 0 bridgehead atoms. The number of carboxylic acid groups (broad SMARTS) is 1. The van der Waals surface area contributed by atoms with Crippen molar-refractivity contribution in [3.05, 3.63) is 29.3 Å². The van der Waals surface area contributed by atoms with Crippen LogP contribution in [0.1, 0.15) is 36.2 Å². The lowest BCUT2D eigenvalue weighted by molar-refractivity contribution is -0.140. The Morgan fingerprint density at radius 3 is 2.55 bits per heavy atom. The van der Waals surface area contributed by atoms with E-state index in [0.717, 1.165) is 5.56 Å². The number of carboxylic acids is 1. The zero-order valence-corrected chi connectivity index (χ0v) is 12.0. The van der Waals surface area contributed by atoms with Crippen LogP contribution < -0.4 is 4.74 Å². The number of carbonyl (C=O) groups is 2. The predicted molar refractivity (Wildman–Crippen MR) is 74.1 cm³/mol. The Bertz CT molecular complexity index is 479. The van der Waals surface area contributed by atoms with Crippen molar-refractivity contribution in [1.82, 2.24) is 0 Å². The summed E-state index contributed by atoms with van der Waals surface area (Å²) in [5, 5.41) is 9.21. The van der Waals surface area contributed by atoms with Gasteiger partial charge in [0.2, 0.25) is 0 Å². The molecule has 1 rings (SSSR count). The van der Waals surface area contributed by atoms with E-state index in [4.69, 9.17) is 4.74 Å². The number of hydrogen-bond donors (Lipinski definition) is 1. The minimum Gasteiger partial charge on any atom is -0.492 e. The van der Waals surface area contributed by atoms with E-state index >= 15 is 0 Å². The second-order valence-corrected chi connectivity index (χ2v) is 4.92. The normalized spacial score (nSPS) is 10.4. The maximum atomic E-state index is 11.2. The predicted octanol–water partition coefficient (Wildman–Crippen LogP) is 2.53. The number of ether oxygens (including phenoxy) is 2. The maximum Gasteiger partial charge on any atom is 0.339 e. The highest BCUT2D eigenvalue weighted by atomic mass is 16.5. The first-order valence-electron chi connectivity index (χ1n) is 6.50. The molecule has 1 N–H and O–H groups in total. The molecule has 0 fully saturated rings. The van der Waals surface area contributed by atoms with E-state index in [-0.39, 0.29) is 18.0 Å². The zero-order chi connectivity index (χ0) is 15.1. The third kappa shape index (κ3) is 4.91. The first-order valence-corrected chi connectivity index (χ1v) is 6.50. The Labute approximate surface area is 118 Å². The summed E-state index contributed by atoms with van der Waals surface area (Å²) in [6.07, 6.45) is 0.666. The van der Waals surface area contributed by atoms with E-state index in [2.05, 4.69) is 4.74 Å². The van der Waals surface area contributed by atoms with Crippen molar-refractivity contribution in [2.75, 3.05) is 13.7 Å². The van der Waals surface area contributed by atoms with E-state index in [1.54, 1.807) is 18.2 Å². The summed E-state index contributed by atoms with van der Waals surface area (Å²) in [5.74, 6) is -0.686. The molecular formula is C15H20O5. The summed E-state index contributed by atoms with van der Waals surface area (Å²) in [7, 11) is 1.33. The van der Waals surface area contributed by atoms with Gasteiger partial charge in [-0.1, -0.05) is 19.9 Å². The summed E-state index contributed by atoms with van der Waals surface area (Å²) in [5.41, 5.74) is 0.887. The Morgan fingerprint density at radius 2 is 2.00 bits per heavy atom. The van der Waals surface area contributed by atoms with Crippen LogP contribution in [0.4, 0.5) is 0 Å². The van der Waals surface area contributed by atoms with Gasteiger partial charge in [0.25, 0.3) is 0 Å². The molecule has 0 unspecified atom stereocenters. The van der Waals surface area contributed by atoms with Crippen LogP contribution in [0.5, 0.6) is 5.75 Å². The van der Waals surface area contributed by atoms with Gasteiger partial charge in [0.1, 0.15) is 11.3 Å². The second kappa shape index (κ2) is 7.53. The van der Waals surface area contributed by atoms with Crippen molar-refractivity contribution in [3.63, 3.8) is 0 Å². The molecule has 0 saturated carbocycles. The summed E-state index contributed by atoms with van der Waals surface area (Å²) < 4.78 is 10.0. The third-order valence-electron chi connectivity index (χ3n) is 2.69. The molecule has 0 atom stereocenters. The first-order chi connectivity index (χ1) is 9.43. The van der Waals surface area contributed by atoms with Gasteiger partial charge in [-0.15, -0.1) is 0 Å². The number of carbonyl (C=O) groups excluding carboxylic acids is 1. The molecule has 0 aliphatic rings. The van der Waals surface area contributed by atoms with Gasteiger partial charge < -0.3 is 14.6 Å². The minimum atomic E-state index is -1.04. The summed E-state index contributed by atoms with van der Waals surface area (Å²) >= 11 is 0. The van der Waals surface area contributed by atoms with Crippen molar-refractivity contribution >= 4 is 11.9 Å². The summed E-state index contributed by atoms with van der Waals surface area (Å²) in [6.45, 7) is 4.44. The Hall–Kier alpha value is -2.04. The molecule has 0 aliphatic heterocycles. The molecule has 0 aromatic heterocycles. The van der Waals surface area contributed by atoms with Crippen LogP contribution in [-0.4, -0.2) is 30.8 Å². The van der Waals surface area contributed by atoms with Crippen LogP contribution in [-0.2, 0) is 16.0 Å². The van der Waals surface area contributed by atoms with Crippen molar-refractivity contribution < 1.29 is 24.2 Å². The number of hydrogen-bond acceptors (Lipinski definition) is 4. The first kappa shape index (κ1) is 16.0. The molecule has 0 amide bonds. The Balaban J connectivity index is 2.83. The average Bonchev–Trinajstić information content (AvgIpc) is 2.42. The smallest absolute Gasteiger partial charge is 0.339 e. The van der Waals surface area contributed by atoms with Crippen LogP contribution in [0, 0.1) is 5.92 Å². The molecule has 0 heterocycles. The standard InChI is InChI=1S/C15H20O5/c1-10(2)9-20-13-6-4-11(5-7-14(16)19-3)8-12(13)15(17)18/h4,6,8,10H,5,7,9H2,1-3H3,(H,17,18). The Morgan fingerprint density at radius 1 is 1.30 bits per heavy atom. The fourth-order valence-corrected chi connectivity index (χ4v) is 1.63. The lowest BCUT2D eigenvalue weighted by Crippen LogP contribution is -2.09. The van der Waals surface area contributed by atoms with Gasteiger partial charge in [-0.05, 0) is 30.0 Å². The highest BCUT2D eigenvalue weighted by Gasteiger charge is 2.13. The second-order valence-electron chi connectivity index (χ2n) is 4.92. The van der Waals surface area contributed by atoms with Crippen LogP contribution in [0.25, 0.3) is 0 Å². The molecule has 0 aliphatic carbocycles. The van der Waals surface area contributed by atoms with E-state index in [1.807, 2.05) is 13.8 Å². The fraction of sp³-hybridized carbons (Fsp3) is 0.467. The Kier molecular flexibility index (Phi) is 6.03. The van der Waals surface area contributed by atoms with Crippen molar-refractivity contribution in [2.24, 2.45) is 5.92 Å². The van der Waals surface area contributed by atoms with Crippen LogP contribution >= 0.6 is 0 Å². The van der Waals surface area contributed by atoms with Gasteiger partial charge in [0.15, 0.2) is 0 Å². The van der Waals surface area contributed by atoms with Crippen LogP contribution in [0.3, 0.4) is 0 Å². The van der Waals surface area contributed by atoms with Gasteiger partial charge in [0.05, 0.1) is 13.7 Å². The number of methoxy groups -OCH3 is 1. The molecule has 110 valence electrons. The molecular weight excluding hydrogens is 260 g/mol. The third-order valence-corrected chi connectivity index (χ3v) is 2.69. The largest absolute Gasteiger partial charge is 0.492 e. The minimum absolute atomic E-state index is 0.119. The van der Waals surface area contributed by atoms with Gasteiger partial charge >= 0.3 is 11.9 Å². The summed E-state index contributed by atoms with van der Waals surface area (Å²) in [4.78, 5) is 22.3. The molecule has 0 radical (unpaired) electrons. The quantitative estimate of drug-likeness (QED) is 0.777. The summed E-state index contributed by atoms with van der Waals surface area (Å²) in [6, 6.07) is 4.95. The van der Waals surface area contributed by atoms with E-state index in [9.17, 15) is 14.7 Å². The number of benzene rings is 1. The van der Waals surface area contributed by atoms with E-state index in [1.165, 1.54) is 7.11 Å². The highest BCUT2D eigenvalue weighted by Crippen LogP contribution is 2.22. The number of esters is 1. The van der Waals surface area contributed by atoms with Gasteiger partial charge in [0, 0.05) is 6.42 Å². The molecule has 1 aromatic carbocycles. The SMILES string of the molecule is COC(=O)CCc1ccc(OCC(C)C)c(C(=O)O)c1. The van der Waals surface area contributed by atoms with E-state index < -0.39 is 5.97 Å². The van der Waals surface area contributed by atoms with Crippen LogP contribution in [0.15, 0.2) is 18.2 Å². The lowest BCUT2D eigenvalue weighted by Gasteiger charge is -2.12. The lowest BCUT2D eigenvalue weighted by atomic mass is 10.1. The molecule has 5 heteroatoms. The molecule has 1 aromatic rings. The van der Waals surface area contributed by atoms with Gasteiger partial charge in [-0.2, -0.15) is 0 Å².